The fraction of sp³-hybridized carbons (Fsp3) is 0.103. The van der Waals surface area contributed by atoms with E-state index in [1.807, 2.05) is 80.6 Å². The first-order chi connectivity index (χ1) is 23.2. The number of carbonyl (C=O) groups is 3. The summed E-state index contributed by atoms with van der Waals surface area (Å²) in [4.78, 5) is 41.2. The number of hydrogen-bond acceptors (Lipinski definition) is 5. The number of amides is 3. The molecule has 9 heteroatoms. The minimum Gasteiger partial charge on any atom is -0.495 e. The van der Waals surface area contributed by atoms with Gasteiger partial charge in [0.1, 0.15) is 16.7 Å². The summed E-state index contributed by atoms with van der Waals surface area (Å²) in [6.45, 7) is 3.83. The molecule has 1 atom stereocenters. The normalized spacial score (nSPS) is 11.7. The molecule has 0 aliphatic heterocycles. The van der Waals surface area contributed by atoms with Crippen LogP contribution in [0.3, 0.4) is 0 Å². The van der Waals surface area contributed by atoms with Crippen LogP contribution in [0.1, 0.15) is 37.9 Å². The fourth-order valence-electron chi connectivity index (χ4n) is 4.78. The molecule has 0 saturated heterocycles. The van der Waals surface area contributed by atoms with Gasteiger partial charge in [0.2, 0.25) is 5.91 Å². The summed E-state index contributed by atoms with van der Waals surface area (Å²) >= 11 is 7.62. The Morgan fingerprint density at radius 3 is 2.17 bits per heavy atom. The topological polar surface area (TPSA) is 96.5 Å². The van der Waals surface area contributed by atoms with Crippen LogP contribution in [0.5, 0.6) is 5.75 Å². The second kappa shape index (κ2) is 16.0. The van der Waals surface area contributed by atoms with Gasteiger partial charge < -0.3 is 20.7 Å². The van der Waals surface area contributed by atoms with E-state index in [4.69, 9.17) is 16.3 Å². The third-order valence-electron chi connectivity index (χ3n) is 7.34. The third-order valence-corrected chi connectivity index (χ3v) is 9.00. The van der Waals surface area contributed by atoms with Gasteiger partial charge in [-0.3, -0.25) is 14.4 Å². The number of carbonyl (C=O) groups excluding carboxylic acids is 3. The van der Waals surface area contributed by atoms with E-state index in [0.29, 0.717) is 27.7 Å². The van der Waals surface area contributed by atoms with E-state index in [9.17, 15) is 14.4 Å². The van der Waals surface area contributed by atoms with Crippen molar-refractivity contribution < 1.29 is 19.1 Å². The Balaban J connectivity index is 1.39. The molecule has 7 nitrogen and oxygen atoms in total. The molecule has 0 radical (unpaired) electrons. The minimum absolute atomic E-state index is 0.0829. The van der Waals surface area contributed by atoms with E-state index in [1.54, 1.807) is 60.7 Å². The molecule has 0 aliphatic rings. The second-order valence-corrected chi connectivity index (χ2v) is 12.6. The van der Waals surface area contributed by atoms with Gasteiger partial charge in [-0.1, -0.05) is 96.0 Å². The Labute approximate surface area is 289 Å². The van der Waals surface area contributed by atoms with Gasteiger partial charge in [0.25, 0.3) is 11.8 Å². The highest BCUT2D eigenvalue weighted by molar-refractivity contribution is 8.00. The first-order valence-corrected chi connectivity index (χ1v) is 16.4. The maximum atomic E-state index is 13.8. The van der Waals surface area contributed by atoms with Gasteiger partial charge in [0.15, 0.2) is 0 Å². The van der Waals surface area contributed by atoms with Crippen molar-refractivity contribution in [2.45, 2.75) is 24.0 Å². The van der Waals surface area contributed by atoms with Crippen LogP contribution in [-0.4, -0.2) is 24.8 Å². The molecule has 242 valence electrons. The predicted molar refractivity (Wildman–Crippen MR) is 195 cm³/mol. The van der Waals surface area contributed by atoms with Crippen LogP contribution < -0.4 is 20.7 Å². The maximum Gasteiger partial charge on any atom is 0.272 e. The highest BCUT2D eigenvalue weighted by atomic mass is 35.5. The average Bonchev–Trinajstić information content (AvgIpc) is 3.10. The molecule has 0 aromatic heterocycles. The van der Waals surface area contributed by atoms with Crippen molar-refractivity contribution in [2.24, 2.45) is 0 Å². The van der Waals surface area contributed by atoms with Crippen molar-refractivity contribution in [3.05, 3.63) is 160 Å². The van der Waals surface area contributed by atoms with Gasteiger partial charge in [-0.05, 0) is 73.0 Å². The molecule has 0 spiro atoms. The van der Waals surface area contributed by atoms with Gasteiger partial charge in [0, 0.05) is 27.2 Å². The lowest BCUT2D eigenvalue weighted by Crippen LogP contribution is -2.30. The van der Waals surface area contributed by atoms with E-state index >= 15 is 0 Å². The summed E-state index contributed by atoms with van der Waals surface area (Å²) in [5.41, 5.74) is 4.95. The molecule has 0 bridgehead atoms. The molecule has 0 saturated carbocycles. The summed E-state index contributed by atoms with van der Waals surface area (Å²) < 4.78 is 5.47. The van der Waals surface area contributed by atoms with E-state index in [0.717, 1.165) is 27.1 Å². The number of thioether (sulfide) groups is 1. The van der Waals surface area contributed by atoms with Crippen molar-refractivity contribution in [1.29, 1.82) is 0 Å². The van der Waals surface area contributed by atoms with Crippen LogP contribution in [0.15, 0.2) is 132 Å². The molecule has 48 heavy (non-hydrogen) atoms. The Hall–Kier alpha value is -5.31. The Morgan fingerprint density at radius 2 is 1.48 bits per heavy atom. The number of methoxy groups -OCH3 is 1. The average molecular weight is 676 g/mol. The van der Waals surface area contributed by atoms with E-state index in [1.165, 1.54) is 18.9 Å². The van der Waals surface area contributed by atoms with E-state index in [2.05, 4.69) is 16.0 Å². The van der Waals surface area contributed by atoms with Gasteiger partial charge in [-0.15, -0.1) is 11.8 Å². The van der Waals surface area contributed by atoms with E-state index < -0.39 is 17.1 Å². The maximum absolute atomic E-state index is 13.8. The number of halogens is 1. The molecule has 3 amide bonds. The van der Waals surface area contributed by atoms with Crippen LogP contribution in [0.4, 0.5) is 11.4 Å². The number of ether oxygens (including phenoxy) is 1. The highest BCUT2D eigenvalue weighted by Gasteiger charge is 2.24. The molecule has 5 rings (SSSR count). The van der Waals surface area contributed by atoms with Crippen molar-refractivity contribution in [1.82, 2.24) is 5.32 Å². The highest BCUT2D eigenvalue weighted by Crippen LogP contribution is 2.39. The van der Waals surface area contributed by atoms with Crippen LogP contribution in [0.2, 0.25) is 5.02 Å². The monoisotopic (exact) mass is 675 g/mol. The molecular formula is C39H34ClN3O4S. The van der Waals surface area contributed by atoms with Crippen LogP contribution in [0, 0.1) is 13.8 Å². The summed E-state index contributed by atoms with van der Waals surface area (Å²) in [6, 6.07) is 36.4. The number of nitrogens with one attached hydrogen (secondary N) is 3. The van der Waals surface area contributed by atoms with Crippen molar-refractivity contribution >= 4 is 58.5 Å². The van der Waals surface area contributed by atoms with Crippen LogP contribution in [0.25, 0.3) is 6.08 Å². The first-order valence-electron chi connectivity index (χ1n) is 15.1. The Bertz CT molecular complexity index is 1950. The summed E-state index contributed by atoms with van der Waals surface area (Å²) in [5, 5.41) is 8.59. The quantitative estimate of drug-likeness (QED) is 0.0960. The third kappa shape index (κ3) is 8.94. The molecule has 0 aliphatic carbocycles. The number of hydrogen-bond donors (Lipinski definition) is 3. The van der Waals surface area contributed by atoms with Gasteiger partial charge in [0.05, 0.1) is 12.8 Å². The predicted octanol–water partition coefficient (Wildman–Crippen LogP) is 8.85. The van der Waals surface area contributed by atoms with Gasteiger partial charge >= 0.3 is 0 Å². The van der Waals surface area contributed by atoms with Gasteiger partial charge in [-0.2, -0.15) is 0 Å². The SMILES string of the molecule is COc1cc(Cl)c(C)cc1NC(=O)C(Sc1cccc(NC(=O)/C(=C/c2ccc(C)cc2)NC(=O)c2ccccc2)c1)c1ccccc1. The molecule has 0 fully saturated rings. The zero-order chi connectivity index (χ0) is 34.0. The minimum atomic E-state index is -0.639. The smallest absolute Gasteiger partial charge is 0.272 e. The van der Waals surface area contributed by atoms with Crippen molar-refractivity contribution in [3.63, 3.8) is 0 Å². The fourth-order valence-corrected chi connectivity index (χ4v) is 6.02. The number of benzene rings is 5. The summed E-state index contributed by atoms with van der Waals surface area (Å²) in [5.74, 6) is -0.705. The van der Waals surface area contributed by atoms with Crippen molar-refractivity contribution in [3.8, 4) is 5.75 Å². The molecule has 3 N–H and O–H groups in total. The van der Waals surface area contributed by atoms with Gasteiger partial charge in [-0.25, -0.2) is 0 Å². The van der Waals surface area contributed by atoms with Crippen molar-refractivity contribution in [2.75, 3.05) is 17.7 Å². The second-order valence-electron chi connectivity index (χ2n) is 11.0. The molecular weight excluding hydrogens is 642 g/mol. The lowest BCUT2D eigenvalue weighted by atomic mass is 10.1. The standard InChI is InChI=1S/C39H34ClN3O4S/c1-25-17-19-27(20-18-25)22-34(43-37(44)29-13-8-5-9-14-29)38(45)41-30-15-10-16-31(23-30)48-36(28-11-6-4-7-12-28)39(46)42-33-21-26(2)32(40)24-35(33)47-3/h4-24,36H,1-3H3,(H,41,45)(H,42,46)(H,43,44)/b34-22-. The number of rotatable bonds is 11. The summed E-state index contributed by atoms with van der Waals surface area (Å²) in [7, 11) is 1.52. The lowest BCUT2D eigenvalue weighted by molar-refractivity contribution is -0.116. The lowest BCUT2D eigenvalue weighted by Gasteiger charge is -2.19. The molecule has 5 aromatic carbocycles. The Morgan fingerprint density at radius 1 is 0.792 bits per heavy atom. The summed E-state index contributed by atoms with van der Waals surface area (Å²) in [6.07, 6.45) is 1.64. The Kier molecular flexibility index (Phi) is 11.3. The largest absolute Gasteiger partial charge is 0.495 e. The van der Waals surface area contributed by atoms with E-state index in [-0.39, 0.29) is 11.6 Å². The zero-order valence-corrected chi connectivity index (χ0v) is 28.2. The van der Waals surface area contributed by atoms with Crippen LogP contribution in [-0.2, 0) is 9.59 Å². The van der Waals surface area contributed by atoms with Crippen LogP contribution >= 0.6 is 23.4 Å². The molecule has 5 aromatic rings. The molecule has 1 unspecified atom stereocenters. The number of aryl methyl sites for hydroxylation is 2. The number of anilines is 2. The molecule has 0 heterocycles. The first kappa shape index (κ1) is 34.0. The zero-order valence-electron chi connectivity index (χ0n) is 26.6.